The van der Waals surface area contributed by atoms with Gasteiger partial charge in [0.05, 0.1) is 6.54 Å². The maximum absolute atomic E-state index is 12.5. The average Bonchev–Trinajstić information content (AvgIpc) is 2.75. The first-order valence-electron chi connectivity index (χ1n) is 9.30. The largest absolute Gasteiger partial charge is 0.508 e. The minimum atomic E-state index is -4.34. The van der Waals surface area contributed by atoms with Crippen molar-refractivity contribution in [3.05, 3.63) is 65.7 Å². The molecule has 2 amide bonds. The van der Waals surface area contributed by atoms with Crippen LogP contribution < -0.4 is 15.4 Å². The van der Waals surface area contributed by atoms with Crippen LogP contribution in [-0.2, 0) is 27.7 Å². The monoisotopic (exact) mass is 507 g/mol. The van der Waals surface area contributed by atoms with Crippen molar-refractivity contribution in [3.63, 3.8) is 0 Å². The van der Waals surface area contributed by atoms with E-state index in [1.54, 1.807) is 12.1 Å². The molecule has 8 nitrogen and oxygen atoms in total. The zero-order chi connectivity index (χ0) is 22.7. The van der Waals surface area contributed by atoms with E-state index in [4.69, 9.17) is 0 Å². The van der Waals surface area contributed by atoms with Gasteiger partial charge in [0.2, 0.25) is 5.91 Å². The van der Waals surface area contributed by atoms with Gasteiger partial charge in [-0.3, -0.25) is 9.59 Å². The predicted molar refractivity (Wildman–Crippen MR) is 121 cm³/mol. The number of carbonyl (C=O) groups is 2. The Morgan fingerprint density at radius 1 is 1.03 bits per heavy atom. The lowest BCUT2D eigenvalue weighted by molar-refractivity contribution is -0.122. The lowest BCUT2D eigenvalue weighted by Crippen LogP contribution is -2.51. The molecule has 0 aliphatic carbocycles. The second kappa shape index (κ2) is 12.1. The van der Waals surface area contributed by atoms with Crippen LogP contribution in [0.3, 0.4) is 0 Å². The number of benzene rings is 2. The van der Waals surface area contributed by atoms with E-state index in [-0.39, 0.29) is 25.3 Å². The third-order valence-corrected chi connectivity index (χ3v) is 5.67. The smallest absolute Gasteiger partial charge is 0.352 e. The molecule has 0 radical (unpaired) electrons. The number of rotatable bonds is 9. The van der Waals surface area contributed by atoms with Crippen LogP contribution in [0.2, 0.25) is 0 Å². The van der Waals surface area contributed by atoms with Gasteiger partial charge in [-0.15, -0.1) is 0 Å². The van der Waals surface area contributed by atoms with Crippen molar-refractivity contribution in [2.45, 2.75) is 18.9 Å². The van der Waals surface area contributed by atoms with Gasteiger partial charge in [-0.05, 0) is 34.5 Å². The highest BCUT2D eigenvalue weighted by Gasteiger charge is 2.28. The van der Waals surface area contributed by atoms with Crippen LogP contribution in [0, 0.1) is 10.8 Å². The maximum Gasteiger partial charge on any atom is 0.352 e. The molecule has 0 heterocycles. The van der Waals surface area contributed by atoms with Crippen LogP contribution in [0.15, 0.2) is 54.6 Å². The minimum absolute atomic E-state index is 0.0219. The molecule has 4 N–H and O–H groups in total. The van der Waals surface area contributed by atoms with E-state index in [2.05, 4.69) is 42.0 Å². The van der Waals surface area contributed by atoms with Crippen molar-refractivity contribution < 1.29 is 23.1 Å². The van der Waals surface area contributed by atoms with E-state index >= 15 is 0 Å². The molecular weight excluding hydrogens is 486 g/mol. The summed E-state index contributed by atoms with van der Waals surface area (Å²) in [5, 5.41) is 12.9. The van der Waals surface area contributed by atoms with Crippen LogP contribution in [-0.4, -0.2) is 43.8 Å². The Kier molecular flexibility index (Phi) is 9.52. The molecule has 0 fully saturated rings. The molecule has 0 bridgehead atoms. The van der Waals surface area contributed by atoms with Gasteiger partial charge in [-0.25, -0.2) is 13.1 Å². The first-order valence-corrected chi connectivity index (χ1v) is 11.6. The third kappa shape index (κ3) is 8.41. The zero-order valence-electron chi connectivity index (χ0n) is 16.5. The molecule has 31 heavy (non-hydrogen) atoms. The maximum atomic E-state index is 12.5. The number of aromatic hydroxyl groups is 1. The summed E-state index contributed by atoms with van der Waals surface area (Å²) >= 11 is 2.91. The number of nitrogens with one attached hydrogen (secondary N) is 3. The molecule has 2 aromatic carbocycles. The molecule has 0 saturated heterocycles. The first-order chi connectivity index (χ1) is 14.8. The highest BCUT2D eigenvalue weighted by atomic mass is 79.9. The predicted octanol–water partition coefficient (Wildman–Crippen LogP) is 1.65. The van der Waals surface area contributed by atoms with Gasteiger partial charge in [-0.2, -0.15) is 0 Å². The van der Waals surface area contributed by atoms with Gasteiger partial charge < -0.3 is 15.7 Å². The average molecular weight is 508 g/mol. The molecule has 164 valence electrons. The van der Waals surface area contributed by atoms with Crippen LogP contribution in [0.25, 0.3) is 0 Å². The molecule has 1 unspecified atom stereocenters. The molecule has 10 heteroatoms. The van der Waals surface area contributed by atoms with Crippen molar-refractivity contribution in [2.24, 2.45) is 0 Å². The molecule has 0 spiro atoms. The van der Waals surface area contributed by atoms with E-state index in [1.807, 2.05) is 30.3 Å². The Bertz CT molecular complexity index is 1050. The van der Waals surface area contributed by atoms with Crippen LogP contribution in [0.5, 0.6) is 5.75 Å². The Morgan fingerprint density at radius 2 is 1.71 bits per heavy atom. The molecule has 0 aromatic heterocycles. The summed E-state index contributed by atoms with van der Waals surface area (Å²) in [7, 11) is -4.34. The first kappa shape index (κ1) is 24.4. The number of carbonyl (C=O) groups excluding carboxylic acids is 2. The molecule has 1 atom stereocenters. The fraction of sp³-hybridized carbons (Fsp3) is 0.238. The number of phenols is 1. The lowest BCUT2D eigenvalue weighted by atomic mass is 10.1. The second-order valence-electron chi connectivity index (χ2n) is 6.48. The van der Waals surface area contributed by atoms with E-state index in [0.29, 0.717) is 12.0 Å². The van der Waals surface area contributed by atoms with Gasteiger partial charge in [0, 0.05) is 28.9 Å². The molecule has 0 aliphatic heterocycles. The molecule has 2 aromatic rings. The third-order valence-electron chi connectivity index (χ3n) is 4.20. The SMILES string of the molecule is O=C(NCC#CBr)C(Cc1ccc(O)cc1)NC(=O)S(=O)(=O)NCCc1ccccc1. The number of hydrogen-bond donors (Lipinski definition) is 4. The van der Waals surface area contributed by atoms with Crippen LogP contribution >= 0.6 is 15.9 Å². The summed E-state index contributed by atoms with van der Waals surface area (Å²) in [5.74, 6) is 2.05. The van der Waals surface area contributed by atoms with Gasteiger partial charge in [-0.1, -0.05) is 48.4 Å². The van der Waals surface area contributed by atoms with Crippen molar-refractivity contribution >= 4 is 37.1 Å². The van der Waals surface area contributed by atoms with E-state index in [0.717, 1.165) is 5.56 Å². The molecular formula is C21H22BrN3O5S. The normalized spacial score (nSPS) is 11.6. The minimum Gasteiger partial charge on any atom is -0.508 e. The number of halogens is 1. The Balaban J connectivity index is 2.03. The quantitative estimate of drug-likeness (QED) is 0.384. The van der Waals surface area contributed by atoms with Crippen molar-refractivity contribution in [3.8, 4) is 16.5 Å². The molecule has 0 aliphatic rings. The fourth-order valence-corrected chi connectivity index (χ4v) is 3.56. The number of phenolic OH excluding ortho intramolecular Hbond substituents is 1. The summed E-state index contributed by atoms with van der Waals surface area (Å²) < 4.78 is 26.9. The van der Waals surface area contributed by atoms with Crippen LogP contribution in [0.4, 0.5) is 4.79 Å². The van der Waals surface area contributed by atoms with E-state index < -0.39 is 27.2 Å². The summed E-state index contributed by atoms with van der Waals surface area (Å²) in [6, 6.07) is 14.1. The van der Waals surface area contributed by atoms with E-state index in [1.165, 1.54) is 12.1 Å². The Labute approximate surface area is 189 Å². The van der Waals surface area contributed by atoms with Gasteiger partial charge in [0.25, 0.3) is 10.0 Å². The highest BCUT2D eigenvalue weighted by molar-refractivity contribution is 9.12. The topological polar surface area (TPSA) is 125 Å². The molecule has 0 saturated carbocycles. The summed E-state index contributed by atoms with van der Waals surface area (Å²) in [4.78, 5) is 27.3. The van der Waals surface area contributed by atoms with Gasteiger partial charge in [0.15, 0.2) is 0 Å². The van der Waals surface area contributed by atoms with Gasteiger partial charge in [0.1, 0.15) is 11.8 Å². The Morgan fingerprint density at radius 3 is 2.35 bits per heavy atom. The van der Waals surface area contributed by atoms with Crippen LogP contribution in [0.1, 0.15) is 11.1 Å². The number of hydrogen-bond acceptors (Lipinski definition) is 5. The van der Waals surface area contributed by atoms with E-state index in [9.17, 15) is 23.1 Å². The number of sulfonamides is 1. The van der Waals surface area contributed by atoms with Crippen molar-refractivity contribution in [1.82, 2.24) is 15.4 Å². The summed E-state index contributed by atoms with van der Waals surface area (Å²) in [6.45, 7) is 0.0591. The number of amides is 2. The van der Waals surface area contributed by atoms with Gasteiger partial charge >= 0.3 is 5.24 Å². The van der Waals surface area contributed by atoms with Crippen molar-refractivity contribution in [2.75, 3.05) is 13.1 Å². The highest BCUT2D eigenvalue weighted by Crippen LogP contribution is 2.12. The second-order valence-corrected chi connectivity index (χ2v) is 8.54. The van der Waals surface area contributed by atoms with Crippen molar-refractivity contribution in [1.29, 1.82) is 0 Å². The zero-order valence-corrected chi connectivity index (χ0v) is 18.9. The summed E-state index contributed by atoms with van der Waals surface area (Å²) in [5.41, 5.74) is 1.54. The standard InChI is InChI=1S/C21H22BrN3O5S/c22-12-4-13-23-20(27)19(15-17-7-9-18(26)10-8-17)25-21(28)31(29,30)24-14-11-16-5-2-1-3-6-16/h1-3,5-10,19,24,26H,11,13-15H2,(H,23,27)(H,25,28). The molecule has 2 rings (SSSR count). The fourth-order valence-electron chi connectivity index (χ4n) is 2.62. The lowest BCUT2D eigenvalue weighted by Gasteiger charge is -2.18. The Hall–Kier alpha value is -2.87. The summed E-state index contributed by atoms with van der Waals surface area (Å²) in [6.07, 6.45) is 0.440.